The van der Waals surface area contributed by atoms with Gasteiger partial charge in [-0.15, -0.1) is 0 Å². The number of anilines is 1. The molecule has 0 bridgehead atoms. The third-order valence-corrected chi connectivity index (χ3v) is 7.13. The van der Waals surface area contributed by atoms with Crippen LogP contribution < -0.4 is 10.2 Å². The summed E-state index contributed by atoms with van der Waals surface area (Å²) in [5.74, 6) is 1.33. The predicted octanol–water partition coefficient (Wildman–Crippen LogP) is 2.01. The summed E-state index contributed by atoms with van der Waals surface area (Å²) >= 11 is 0. The molecule has 3 aromatic rings. The maximum absolute atomic E-state index is 13.6. The molecule has 7 nitrogen and oxygen atoms in total. The van der Waals surface area contributed by atoms with E-state index in [0.29, 0.717) is 19.6 Å². The zero-order valence-corrected chi connectivity index (χ0v) is 18.0. The van der Waals surface area contributed by atoms with Crippen molar-refractivity contribution in [2.24, 2.45) is 5.92 Å². The molecule has 3 aliphatic rings. The van der Waals surface area contributed by atoms with E-state index in [1.165, 1.54) is 11.6 Å². The van der Waals surface area contributed by atoms with E-state index in [-0.39, 0.29) is 23.6 Å². The van der Waals surface area contributed by atoms with Gasteiger partial charge in [0.1, 0.15) is 11.6 Å². The lowest BCUT2D eigenvalue weighted by molar-refractivity contribution is -0.135. The van der Waals surface area contributed by atoms with Gasteiger partial charge in [-0.05, 0) is 37.1 Å². The first-order chi connectivity index (χ1) is 15.7. The molecule has 0 aliphatic carbocycles. The number of halogens is 1. The molecule has 6 rings (SSSR count). The fourth-order valence-corrected chi connectivity index (χ4v) is 5.40. The molecule has 1 amide bonds. The van der Waals surface area contributed by atoms with Crippen molar-refractivity contribution in [2.75, 3.05) is 44.2 Å². The number of likely N-dealkylation sites (tertiary alicyclic amines) is 1. The predicted molar refractivity (Wildman–Crippen MR) is 119 cm³/mol. The van der Waals surface area contributed by atoms with Gasteiger partial charge in [-0.25, -0.2) is 9.37 Å². The highest BCUT2D eigenvalue weighted by Crippen LogP contribution is 2.34. The molecule has 3 aliphatic heterocycles. The van der Waals surface area contributed by atoms with E-state index < -0.39 is 0 Å². The molecule has 2 aromatic heterocycles. The van der Waals surface area contributed by atoms with Crippen molar-refractivity contribution in [3.05, 3.63) is 59.2 Å². The molecule has 5 heterocycles. The number of aromatic nitrogens is 3. The Balaban J connectivity index is 1.17. The Bertz CT molecular complexity index is 1170. The van der Waals surface area contributed by atoms with Crippen LogP contribution in [0.3, 0.4) is 0 Å². The average molecular weight is 435 g/mol. The Morgan fingerprint density at radius 2 is 2.00 bits per heavy atom. The highest BCUT2D eigenvalue weighted by molar-refractivity contribution is 5.82. The van der Waals surface area contributed by atoms with E-state index in [1.807, 2.05) is 21.5 Å². The molecule has 8 heteroatoms. The number of benzene rings is 1. The number of fused-ring (bicyclic) bond motifs is 2. The maximum atomic E-state index is 13.6. The lowest BCUT2D eigenvalue weighted by Crippen LogP contribution is -2.55. The van der Waals surface area contributed by atoms with Crippen LogP contribution >= 0.6 is 0 Å². The van der Waals surface area contributed by atoms with Crippen LogP contribution in [0, 0.1) is 11.7 Å². The molecule has 1 N–H and O–H groups in total. The van der Waals surface area contributed by atoms with Crippen molar-refractivity contribution in [3.8, 4) is 0 Å². The second-order valence-corrected chi connectivity index (χ2v) is 9.14. The second kappa shape index (κ2) is 7.85. The molecular formula is C24H27FN6O. The molecule has 0 radical (unpaired) electrons. The summed E-state index contributed by atoms with van der Waals surface area (Å²) in [6.07, 6.45) is 4.52. The van der Waals surface area contributed by atoms with Crippen LogP contribution in [-0.2, 0) is 17.6 Å². The molecule has 1 aromatic carbocycles. The average Bonchev–Trinajstić information content (AvgIpc) is 3.37. The van der Waals surface area contributed by atoms with Gasteiger partial charge in [-0.2, -0.15) is 9.61 Å². The minimum absolute atomic E-state index is 0.000380. The van der Waals surface area contributed by atoms with Gasteiger partial charge in [-0.1, -0.05) is 12.1 Å². The lowest BCUT2D eigenvalue weighted by Gasteiger charge is -2.42. The fraction of sp³-hybridized carbons (Fsp3) is 0.458. The fourth-order valence-electron chi connectivity index (χ4n) is 5.40. The Morgan fingerprint density at radius 3 is 2.88 bits per heavy atom. The minimum Gasteiger partial charge on any atom is -0.354 e. The lowest BCUT2D eigenvalue weighted by atomic mass is 9.96. The number of carbonyl (C=O) groups is 1. The number of carbonyl (C=O) groups excluding carboxylic acids is 1. The van der Waals surface area contributed by atoms with E-state index in [9.17, 15) is 9.18 Å². The standard InChI is InChI=1S/C24H27FN6O/c25-19-3-1-2-16(12-19)17-7-11-29(13-17)24(32)18-14-30(15-18)23-20-4-8-26-9-5-21(20)28-22-6-10-27-31(22)23/h1-3,6,10,12,17-18,26H,4-5,7-9,11,13-15H2. The summed E-state index contributed by atoms with van der Waals surface area (Å²) in [5, 5.41) is 7.98. The Morgan fingerprint density at radius 1 is 1.12 bits per heavy atom. The van der Waals surface area contributed by atoms with Crippen molar-refractivity contribution < 1.29 is 9.18 Å². The van der Waals surface area contributed by atoms with Gasteiger partial charge in [0.15, 0.2) is 5.65 Å². The van der Waals surface area contributed by atoms with Crippen molar-refractivity contribution in [1.82, 2.24) is 24.8 Å². The smallest absolute Gasteiger partial charge is 0.229 e. The van der Waals surface area contributed by atoms with Gasteiger partial charge in [0.05, 0.1) is 17.8 Å². The molecule has 1 atom stereocenters. The zero-order valence-electron chi connectivity index (χ0n) is 18.0. The van der Waals surface area contributed by atoms with Gasteiger partial charge in [0.25, 0.3) is 0 Å². The summed E-state index contributed by atoms with van der Waals surface area (Å²) < 4.78 is 15.5. The highest BCUT2D eigenvalue weighted by Gasteiger charge is 2.40. The topological polar surface area (TPSA) is 65.8 Å². The van der Waals surface area contributed by atoms with Crippen LogP contribution in [0.1, 0.15) is 29.2 Å². The molecule has 2 fully saturated rings. The SMILES string of the molecule is O=C(C1CN(c2c3c(nc4ccnn24)CCNCC3)C1)N1CCC(c2cccc(F)c2)C1. The first-order valence-corrected chi connectivity index (χ1v) is 11.5. The quantitative estimate of drug-likeness (QED) is 0.683. The first-order valence-electron chi connectivity index (χ1n) is 11.5. The van der Waals surface area contributed by atoms with E-state index in [1.54, 1.807) is 18.3 Å². The van der Waals surface area contributed by atoms with Gasteiger partial charge >= 0.3 is 0 Å². The molecule has 32 heavy (non-hydrogen) atoms. The van der Waals surface area contributed by atoms with Gasteiger partial charge in [0.2, 0.25) is 5.91 Å². The van der Waals surface area contributed by atoms with Crippen molar-refractivity contribution in [3.63, 3.8) is 0 Å². The third-order valence-electron chi connectivity index (χ3n) is 7.13. The molecule has 166 valence electrons. The summed E-state index contributed by atoms with van der Waals surface area (Å²) in [4.78, 5) is 22.3. The monoisotopic (exact) mass is 434 g/mol. The Kier molecular flexibility index (Phi) is 4.82. The second-order valence-electron chi connectivity index (χ2n) is 9.14. The summed E-state index contributed by atoms with van der Waals surface area (Å²) in [5.41, 5.74) is 4.26. The van der Waals surface area contributed by atoms with E-state index in [4.69, 9.17) is 4.98 Å². The van der Waals surface area contributed by atoms with Gasteiger partial charge in [-0.3, -0.25) is 4.79 Å². The number of amides is 1. The normalized spacial score (nSPS) is 21.5. The van der Waals surface area contributed by atoms with Crippen LogP contribution in [0.4, 0.5) is 10.2 Å². The number of nitrogens with one attached hydrogen (secondary N) is 1. The Labute approximate surface area is 186 Å². The molecule has 0 saturated carbocycles. The van der Waals surface area contributed by atoms with Crippen LogP contribution in [0.2, 0.25) is 0 Å². The summed E-state index contributed by atoms with van der Waals surface area (Å²) in [6, 6.07) is 8.73. The largest absolute Gasteiger partial charge is 0.354 e. The number of nitrogens with zero attached hydrogens (tertiary/aromatic N) is 5. The summed E-state index contributed by atoms with van der Waals surface area (Å²) in [7, 11) is 0. The van der Waals surface area contributed by atoms with E-state index in [2.05, 4.69) is 15.3 Å². The number of hydrogen-bond acceptors (Lipinski definition) is 5. The first kappa shape index (κ1) is 19.7. The molecular weight excluding hydrogens is 407 g/mol. The van der Waals surface area contributed by atoms with Crippen LogP contribution in [-0.4, -0.2) is 64.7 Å². The summed E-state index contributed by atoms with van der Waals surface area (Å²) in [6.45, 7) is 4.71. The van der Waals surface area contributed by atoms with Crippen LogP contribution in [0.15, 0.2) is 36.5 Å². The highest BCUT2D eigenvalue weighted by atomic mass is 19.1. The minimum atomic E-state index is -0.210. The van der Waals surface area contributed by atoms with Gasteiger partial charge in [0, 0.05) is 56.7 Å². The van der Waals surface area contributed by atoms with Crippen molar-refractivity contribution in [1.29, 1.82) is 0 Å². The van der Waals surface area contributed by atoms with Gasteiger partial charge < -0.3 is 15.1 Å². The molecule has 2 saturated heterocycles. The number of rotatable bonds is 3. The Hall–Kier alpha value is -3.00. The van der Waals surface area contributed by atoms with E-state index >= 15 is 0 Å². The number of hydrogen-bond donors (Lipinski definition) is 1. The zero-order chi connectivity index (χ0) is 21.7. The molecule has 0 spiro atoms. The van der Waals surface area contributed by atoms with Crippen molar-refractivity contribution in [2.45, 2.75) is 25.2 Å². The van der Waals surface area contributed by atoms with Crippen LogP contribution in [0.25, 0.3) is 5.65 Å². The molecule has 1 unspecified atom stereocenters. The van der Waals surface area contributed by atoms with Crippen LogP contribution in [0.5, 0.6) is 0 Å². The third kappa shape index (κ3) is 3.33. The van der Waals surface area contributed by atoms with Crippen molar-refractivity contribution >= 4 is 17.4 Å². The maximum Gasteiger partial charge on any atom is 0.229 e. The van der Waals surface area contributed by atoms with E-state index in [0.717, 1.165) is 61.6 Å².